The van der Waals surface area contributed by atoms with Crippen LogP contribution in [0.4, 0.5) is 0 Å². The van der Waals surface area contributed by atoms with Gasteiger partial charge in [-0.3, -0.25) is 9.69 Å². The van der Waals surface area contributed by atoms with E-state index in [0.29, 0.717) is 17.2 Å². The number of hydrogen-bond donors (Lipinski definition) is 0. The van der Waals surface area contributed by atoms with Gasteiger partial charge in [0, 0.05) is 27.2 Å². The van der Waals surface area contributed by atoms with Crippen LogP contribution in [0.1, 0.15) is 31.4 Å². The molecule has 3 fully saturated rings. The van der Waals surface area contributed by atoms with Crippen molar-refractivity contribution in [3.8, 4) is 0 Å². The Labute approximate surface area is 150 Å². The van der Waals surface area contributed by atoms with E-state index in [1.165, 1.54) is 19.3 Å². The first-order valence-corrected chi connectivity index (χ1v) is 9.60. The summed E-state index contributed by atoms with van der Waals surface area (Å²) in [6.07, 6.45) is 6.48. The van der Waals surface area contributed by atoms with Crippen molar-refractivity contribution < 1.29 is 9.21 Å². The number of hydrogen-bond acceptors (Lipinski definition) is 4. The molecular weight excluding hydrogens is 314 g/mol. The zero-order valence-corrected chi connectivity index (χ0v) is 15.8. The standard InChI is InChI=1S/C20H31N3O2/c1-21(2)18(24)20-7-6-19(17(20)14-22(3)15-20)8-10-23(11-9-19)13-16-5-4-12-25-16/h4-5,12,17H,6-11,13-15H2,1-3H3/t17-,20+/m1/s1. The van der Waals surface area contributed by atoms with Crippen LogP contribution in [0.5, 0.6) is 0 Å². The number of likely N-dealkylation sites (tertiary alicyclic amines) is 2. The summed E-state index contributed by atoms with van der Waals surface area (Å²) < 4.78 is 5.51. The second kappa shape index (κ2) is 6.13. The van der Waals surface area contributed by atoms with E-state index in [9.17, 15) is 4.79 Å². The Kier molecular flexibility index (Phi) is 4.19. The van der Waals surface area contributed by atoms with Crippen LogP contribution in [0.15, 0.2) is 22.8 Å². The molecule has 0 radical (unpaired) electrons. The largest absolute Gasteiger partial charge is 0.468 e. The lowest BCUT2D eigenvalue weighted by molar-refractivity contribution is -0.141. The number of carbonyl (C=O) groups excluding carboxylic acids is 1. The third-order valence-corrected chi connectivity index (χ3v) is 7.17. The highest BCUT2D eigenvalue weighted by Gasteiger charge is 2.63. The summed E-state index contributed by atoms with van der Waals surface area (Å²) in [7, 11) is 6.02. The lowest BCUT2D eigenvalue weighted by Crippen LogP contribution is -2.48. The Morgan fingerprint density at radius 1 is 1.28 bits per heavy atom. The van der Waals surface area contributed by atoms with E-state index in [0.717, 1.165) is 44.9 Å². The molecule has 0 bridgehead atoms. The van der Waals surface area contributed by atoms with Crippen LogP contribution < -0.4 is 0 Å². The highest BCUT2D eigenvalue weighted by atomic mass is 16.3. The second-order valence-corrected chi connectivity index (χ2v) is 8.82. The number of rotatable bonds is 3. The minimum atomic E-state index is -0.137. The predicted molar refractivity (Wildman–Crippen MR) is 97.0 cm³/mol. The molecule has 5 heteroatoms. The van der Waals surface area contributed by atoms with Crippen molar-refractivity contribution in [2.24, 2.45) is 16.7 Å². The van der Waals surface area contributed by atoms with Crippen LogP contribution in [0.25, 0.3) is 0 Å². The molecule has 138 valence electrons. The maximum absolute atomic E-state index is 13.1. The molecule has 0 unspecified atom stereocenters. The third kappa shape index (κ3) is 2.72. The Bertz CT molecular complexity index is 619. The lowest BCUT2D eigenvalue weighted by atomic mass is 9.65. The molecule has 2 aliphatic heterocycles. The van der Waals surface area contributed by atoms with Gasteiger partial charge in [0.2, 0.25) is 5.91 Å². The molecule has 2 saturated heterocycles. The Balaban J connectivity index is 1.49. The molecule has 0 N–H and O–H groups in total. The maximum Gasteiger partial charge on any atom is 0.229 e. The molecule has 1 aliphatic carbocycles. The summed E-state index contributed by atoms with van der Waals surface area (Å²) in [6, 6.07) is 4.03. The lowest BCUT2D eigenvalue weighted by Gasteiger charge is -2.44. The van der Waals surface area contributed by atoms with Gasteiger partial charge in [0.1, 0.15) is 5.76 Å². The van der Waals surface area contributed by atoms with Gasteiger partial charge in [0.25, 0.3) is 0 Å². The molecule has 1 spiro atoms. The highest BCUT2D eigenvalue weighted by Crippen LogP contribution is 2.62. The van der Waals surface area contributed by atoms with Crippen molar-refractivity contribution in [1.29, 1.82) is 0 Å². The van der Waals surface area contributed by atoms with Crippen molar-refractivity contribution in [3.05, 3.63) is 24.2 Å². The predicted octanol–water partition coefficient (Wildman–Crippen LogP) is 2.29. The van der Waals surface area contributed by atoms with E-state index in [1.54, 1.807) is 6.26 Å². The molecule has 5 nitrogen and oxygen atoms in total. The van der Waals surface area contributed by atoms with E-state index in [4.69, 9.17) is 4.42 Å². The highest BCUT2D eigenvalue weighted by molar-refractivity contribution is 5.84. The van der Waals surface area contributed by atoms with E-state index in [-0.39, 0.29) is 5.41 Å². The SMILES string of the molecule is CN1C[C@@H]2C3(CCN(Cc4ccco4)CC3)CC[C@]2(C(=O)N(C)C)C1. The average Bonchev–Trinajstić information content (AvgIpc) is 3.27. The van der Waals surface area contributed by atoms with Gasteiger partial charge in [-0.1, -0.05) is 0 Å². The van der Waals surface area contributed by atoms with Gasteiger partial charge in [-0.05, 0) is 69.3 Å². The summed E-state index contributed by atoms with van der Waals surface area (Å²) in [5, 5.41) is 0. The van der Waals surface area contributed by atoms with Gasteiger partial charge < -0.3 is 14.2 Å². The van der Waals surface area contributed by atoms with Crippen LogP contribution in [-0.4, -0.2) is 67.9 Å². The van der Waals surface area contributed by atoms with Gasteiger partial charge in [-0.2, -0.15) is 0 Å². The third-order valence-electron chi connectivity index (χ3n) is 7.17. The van der Waals surface area contributed by atoms with E-state index in [1.807, 2.05) is 25.1 Å². The van der Waals surface area contributed by atoms with Crippen molar-refractivity contribution in [1.82, 2.24) is 14.7 Å². The number of carbonyl (C=O) groups is 1. The van der Waals surface area contributed by atoms with Crippen molar-refractivity contribution in [2.45, 2.75) is 32.2 Å². The summed E-state index contributed by atoms with van der Waals surface area (Å²) >= 11 is 0. The van der Waals surface area contributed by atoms with Gasteiger partial charge in [0.05, 0.1) is 18.2 Å². The Morgan fingerprint density at radius 2 is 2.04 bits per heavy atom. The second-order valence-electron chi connectivity index (χ2n) is 8.82. The van der Waals surface area contributed by atoms with E-state index < -0.39 is 0 Å². The molecule has 1 saturated carbocycles. The summed E-state index contributed by atoms with van der Waals surface area (Å²) in [5.41, 5.74) is 0.220. The average molecular weight is 345 g/mol. The van der Waals surface area contributed by atoms with Crippen LogP contribution in [-0.2, 0) is 11.3 Å². The number of nitrogens with zero attached hydrogens (tertiary/aromatic N) is 3. The molecule has 0 aromatic carbocycles. The molecule has 25 heavy (non-hydrogen) atoms. The first-order valence-electron chi connectivity index (χ1n) is 9.60. The molecule has 3 aliphatic rings. The maximum atomic E-state index is 13.1. The van der Waals surface area contributed by atoms with E-state index >= 15 is 0 Å². The molecule has 1 aromatic heterocycles. The van der Waals surface area contributed by atoms with Crippen LogP contribution in [0.2, 0.25) is 0 Å². The molecule has 1 aromatic rings. The zero-order chi connectivity index (χ0) is 17.7. The van der Waals surface area contributed by atoms with Crippen molar-refractivity contribution in [2.75, 3.05) is 47.3 Å². The quantitative estimate of drug-likeness (QED) is 0.843. The fourth-order valence-corrected chi connectivity index (χ4v) is 5.97. The molecule has 1 amide bonds. The van der Waals surface area contributed by atoms with Gasteiger partial charge in [-0.25, -0.2) is 0 Å². The minimum Gasteiger partial charge on any atom is -0.468 e. The number of fused-ring (bicyclic) bond motifs is 2. The Morgan fingerprint density at radius 3 is 2.68 bits per heavy atom. The Hall–Kier alpha value is -1.33. The number of furan rings is 1. The topological polar surface area (TPSA) is 39.9 Å². The number of amides is 1. The summed E-state index contributed by atoms with van der Waals surface area (Å²) in [6.45, 7) is 5.17. The monoisotopic (exact) mass is 345 g/mol. The van der Waals surface area contributed by atoms with Gasteiger partial charge in [-0.15, -0.1) is 0 Å². The van der Waals surface area contributed by atoms with Crippen molar-refractivity contribution in [3.63, 3.8) is 0 Å². The van der Waals surface area contributed by atoms with Gasteiger partial charge in [0.15, 0.2) is 0 Å². The minimum absolute atomic E-state index is 0.137. The number of piperidine rings is 1. The van der Waals surface area contributed by atoms with Crippen LogP contribution in [0, 0.1) is 16.7 Å². The first-order chi connectivity index (χ1) is 12.0. The fourth-order valence-electron chi connectivity index (χ4n) is 5.97. The van der Waals surface area contributed by atoms with Gasteiger partial charge >= 0.3 is 0 Å². The van der Waals surface area contributed by atoms with Crippen LogP contribution in [0.3, 0.4) is 0 Å². The molecular formula is C20H31N3O2. The summed E-state index contributed by atoms with van der Waals surface area (Å²) in [4.78, 5) is 19.8. The molecule has 3 heterocycles. The van der Waals surface area contributed by atoms with Crippen LogP contribution >= 0.6 is 0 Å². The fraction of sp³-hybridized carbons (Fsp3) is 0.750. The first kappa shape index (κ1) is 17.1. The summed E-state index contributed by atoms with van der Waals surface area (Å²) in [5.74, 6) is 1.93. The zero-order valence-electron chi connectivity index (χ0n) is 15.8. The normalized spacial score (nSPS) is 32.2. The smallest absolute Gasteiger partial charge is 0.229 e. The van der Waals surface area contributed by atoms with Crippen molar-refractivity contribution >= 4 is 5.91 Å². The molecule has 2 atom stereocenters. The molecule has 4 rings (SSSR count). The van der Waals surface area contributed by atoms with E-state index in [2.05, 4.69) is 22.9 Å².